The van der Waals surface area contributed by atoms with Gasteiger partial charge in [-0.15, -0.1) is 11.3 Å². The first kappa shape index (κ1) is 46.8. The van der Waals surface area contributed by atoms with Crippen molar-refractivity contribution in [2.45, 2.75) is 121 Å². The van der Waals surface area contributed by atoms with E-state index < -0.39 is 0 Å². The molecule has 5 aromatic carbocycles. The third kappa shape index (κ3) is 9.95. The van der Waals surface area contributed by atoms with E-state index in [0.29, 0.717) is 5.92 Å². The largest absolute Gasteiger partial charge is 0.145 e. The van der Waals surface area contributed by atoms with Crippen molar-refractivity contribution in [1.82, 2.24) is 0 Å². The highest BCUT2D eigenvalue weighted by atomic mass is 32.1. The first-order valence-corrected chi connectivity index (χ1v) is 23.3. The molecule has 6 aromatic rings. The number of allylic oxidation sites excluding steroid dienone is 3. The van der Waals surface area contributed by atoms with E-state index in [2.05, 4.69) is 199 Å². The third-order valence-electron chi connectivity index (χ3n) is 12.2. The van der Waals surface area contributed by atoms with Crippen molar-refractivity contribution in [2.75, 3.05) is 0 Å². The molecule has 1 fully saturated rings. The topological polar surface area (TPSA) is 0 Å². The number of benzene rings is 5. The molecule has 1 heteroatoms. The van der Waals surface area contributed by atoms with Crippen LogP contribution in [0.3, 0.4) is 0 Å². The van der Waals surface area contributed by atoms with Gasteiger partial charge in [0.1, 0.15) is 0 Å². The molecule has 61 heavy (non-hydrogen) atoms. The van der Waals surface area contributed by atoms with Crippen LogP contribution < -0.4 is 0 Å². The number of rotatable bonds is 8. The highest BCUT2D eigenvalue weighted by molar-refractivity contribution is 7.12. The standard InChI is InChI=1S/C36H34.C14H20S.C8H10.C2H6/c1-7-25-26(8-2)35-30-19-16-22(3)20-32(30)36(5,6)33(35)21-31(25)29-15-11-14-28(34(29)24-17-18-24)27-13-10-9-12-23(27)4;1-6-8-10(3)14-12(5)15-11(4)13(14)9-7-2;1-7-3-5-8(2)6-4-7;1-2/h7-16,19-21,24H,1-2,17-18H2,3-6H3;7-9H,6H2,1-5H3;3-6H,1-2H3;1-2H3/b;9-7-,10-8-;;. The number of thiophene rings is 1. The Kier molecular flexibility index (Phi) is 15.8. The molecule has 0 aliphatic heterocycles. The molecule has 0 unspecified atom stereocenters. The lowest BCUT2D eigenvalue weighted by molar-refractivity contribution is 0.660. The van der Waals surface area contributed by atoms with Crippen LogP contribution in [0.15, 0.2) is 116 Å². The molecule has 1 heterocycles. The Morgan fingerprint density at radius 1 is 0.656 bits per heavy atom. The molecule has 0 spiro atoms. The summed E-state index contributed by atoms with van der Waals surface area (Å²) in [6, 6.07) is 33.5. The van der Waals surface area contributed by atoms with Crippen molar-refractivity contribution >= 4 is 35.1 Å². The lowest BCUT2D eigenvalue weighted by Gasteiger charge is -2.25. The Hall–Kier alpha value is -5.24. The highest BCUT2D eigenvalue weighted by Crippen LogP contribution is 2.55. The Labute approximate surface area is 374 Å². The maximum absolute atomic E-state index is 4.29. The van der Waals surface area contributed by atoms with Gasteiger partial charge in [-0.25, -0.2) is 0 Å². The van der Waals surface area contributed by atoms with E-state index in [1.807, 2.05) is 37.3 Å². The minimum absolute atomic E-state index is 0.0731. The van der Waals surface area contributed by atoms with Gasteiger partial charge in [0.05, 0.1) is 0 Å². The molecule has 316 valence electrons. The van der Waals surface area contributed by atoms with Gasteiger partial charge in [0.2, 0.25) is 0 Å². The van der Waals surface area contributed by atoms with Crippen molar-refractivity contribution in [2.24, 2.45) is 0 Å². The quantitative estimate of drug-likeness (QED) is 0.143. The first-order chi connectivity index (χ1) is 29.3. The van der Waals surface area contributed by atoms with Crippen LogP contribution in [0.25, 0.3) is 57.2 Å². The van der Waals surface area contributed by atoms with Crippen LogP contribution in [0.2, 0.25) is 0 Å². The zero-order valence-corrected chi connectivity index (χ0v) is 40.4. The Bertz CT molecular complexity index is 2540. The molecule has 2 aliphatic rings. The second-order valence-electron chi connectivity index (χ2n) is 17.1. The minimum atomic E-state index is -0.0731. The summed E-state index contributed by atoms with van der Waals surface area (Å²) in [6.45, 7) is 36.8. The van der Waals surface area contributed by atoms with E-state index in [1.165, 1.54) is 123 Å². The summed E-state index contributed by atoms with van der Waals surface area (Å²) in [5.74, 6) is 0.613. The average Bonchev–Trinajstić information content (AvgIpc) is 4.02. The molecule has 0 bridgehead atoms. The fourth-order valence-electron chi connectivity index (χ4n) is 9.02. The van der Waals surface area contributed by atoms with Crippen molar-refractivity contribution in [3.8, 4) is 33.4 Å². The zero-order valence-electron chi connectivity index (χ0n) is 39.6. The average molecular weight is 823 g/mol. The van der Waals surface area contributed by atoms with Gasteiger partial charge in [0.15, 0.2) is 0 Å². The van der Waals surface area contributed by atoms with E-state index in [-0.39, 0.29) is 5.41 Å². The molecule has 8 rings (SSSR count). The fraction of sp³-hybridized carbons (Fsp3) is 0.300. The number of hydrogen-bond acceptors (Lipinski definition) is 1. The van der Waals surface area contributed by atoms with Crippen LogP contribution >= 0.6 is 11.3 Å². The van der Waals surface area contributed by atoms with Gasteiger partial charge in [-0.3, -0.25) is 0 Å². The maximum Gasteiger partial charge on any atom is 0.0159 e. The third-order valence-corrected chi connectivity index (χ3v) is 13.2. The van der Waals surface area contributed by atoms with Crippen LogP contribution in [0.4, 0.5) is 0 Å². The molecule has 1 aromatic heterocycles. The molecule has 0 N–H and O–H groups in total. The van der Waals surface area contributed by atoms with E-state index in [9.17, 15) is 0 Å². The Balaban J connectivity index is 0.000000231. The molecule has 0 radical (unpaired) electrons. The lowest BCUT2D eigenvalue weighted by Crippen LogP contribution is -2.15. The minimum Gasteiger partial charge on any atom is -0.145 e. The molecule has 0 atom stereocenters. The highest BCUT2D eigenvalue weighted by Gasteiger charge is 2.39. The van der Waals surface area contributed by atoms with Gasteiger partial charge in [-0.2, -0.15) is 0 Å². The summed E-state index contributed by atoms with van der Waals surface area (Å²) in [5, 5.41) is 0. The van der Waals surface area contributed by atoms with Gasteiger partial charge in [-0.05, 0) is 170 Å². The van der Waals surface area contributed by atoms with Crippen LogP contribution in [-0.4, -0.2) is 0 Å². The van der Waals surface area contributed by atoms with Gasteiger partial charge in [0, 0.05) is 15.2 Å². The maximum atomic E-state index is 4.29. The van der Waals surface area contributed by atoms with Gasteiger partial charge in [-0.1, -0.05) is 180 Å². The summed E-state index contributed by atoms with van der Waals surface area (Å²) in [6.07, 6.45) is 14.4. The van der Waals surface area contributed by atoms with Gasteiger partial charge < -0.3 is 0 Å². The molecular weight excluding hydrogens is 753 g/mol. The summed E-state index contributed by atoms with van der Waals surface area (Å²) < 4.78 is 0. The van der Waals surface area contributed by atoms with Crippen LogP contribution in [0.1, 0.15) is 145 Å². The second kappa shape index (κ2) is 20.5. The van der Waals surface area contributed by atoms with E-state index in [4.69, 9.17) is 0 Å². The predicted molar refractivity (Wildman–Crippen MR) is 276 cm³/mol. The summed E-state index contributed by atoms with van der Waals surface area (Å²) >= 11 is 1.90. The summed E-state index contributed by atoms with van der Waals surface area (Å²) in [4.78, 5) is 2.85. The molecular formula is C60H70S. The predicted octanol–water partition coefficient (Wildman–Crippen LogP) is 18.6. The molecule has 0 saturated heterocycles. The smallest absolute Gasteiger partial charge is 0.0159 e. The number of hydrogen-bond donors (Lipinski definition) is 0. The Morgan fingerprint density at radius 2 is 1.23 bits per heavy atom. The zero-order chi connectivity index (χ0) is 44.6. The first-order valence-electron chi connectivity index (χ1n) is 22.5. The van der Waals surface area contributed by atoms with Gasteiger partial charge >= 0.3 is 0 Å². The van der Waals surface area contributed by atoms with E-state index in [0.717, 1.165) is 6.42 Å². The van der Waals surface area contributed by atoms with Crippen LogP contribution in [0, 0.1) is 41.5 Å². The lowest BCUT2D eigenvalue weighted by atomic mass is 9.78. The number of aryl methyl sites for hydroxylation is 6. The van der Waals surface area contributed by atoms with E-state index >= 15 is 0 Å². The van der Waals surface area contributed by atoms with E-state index in [1.54, 1.807) is 0 Å². The van der Waals surface area contributed by atoms with Crippen molar-refractivity contribution < 1.29 is 0 Å². The van der Waals surface area contributed by atoms with Crippen LogP contribution in [0.5, 0.6) is 0 Å². The van der Waals surface area contributed by atoms with Gasteiger partial charge in [0.25, 0.3) is 0 Å². The van der Waals surface area contributed by atoms with Crippen molar-refractivity contribution in [3.63, 3.8) is 0 Å². The van der Waals surface area contributed by atoms with Crippen molar-refractivity contribution in [1.29, 1.82) is 0 Å². The second-order valence-corrected chi connectivity index (χ2v) is 18.5. The summed E-state index contributed by atoms with van der Waals surface area (Å²) in [7, 11) is 0. The monoisotopic (exact) mass is 823 g/mol. The molecule has 0 amide bonds. The summed E-state index contributed by atoms with van der Waals surface area (Å²) in [5.41, 5.74) is 24.2. The number of fused-ring (bicyclic) bond motifs is 3. The SMILES string of the molecule is C/C=C\c1c(C)sc(C)c1/C(C)=C\CC.C=Cc1c(-c2cccc(-c3ccccc3C)c2C2CC2)cc2c(c1C=C)-c1ccc(C)cc1C2(C)C.CC.Cc1ccc(C)cc1. The molecule has 0 nitrogen and oxygen atoms in total. The van der Waals surface area contributed by atoms with Crippen LogP contribution in [-0.2, 0) is 5.41 Å². The Morgan fingerprint density at radius 3 is 1.79 bits per heavy atom. The fourth-order valence-corrected chi connectivity index (χ4v) is 10.1. The van der Waals surface area contributed by atoms with Crippen molar-refractivity contribution in [3.05, 3.63) is 187 Å². The molecule has 2 aliphatic carbocycles. The molecule has 1 saturated carbocycles. The normalized spacial score (nSPS) is 13.5.